The fraction of sp³-hybridized carbons (Fsp3) is 0.647. The van der Waals surface area contributed by atoms with E-state index in [0.29, 0.717) is 5.92 Å². The Labute approximate surface area is 132 Å². The van der Waals surface area contributed by atoms with E-state index in [4.69, 9.17) is 11.6 Å². The number of nitrogens with zero attached hydrogens (tertiary/aromatic N) is 1. The molecule has 0 radical (unpaired) electrons. The summed E-state index contributed by atoms with van der Waals surface area (Å²) in [6.45, 7) is 5.28. The van der Waals surface area contributed by atoms with Crippen molar-refractivity contribution in [3.63, 3.8) is 0 Å². The largest absolute Gasteiger partial charge is 0.316 e. The molecule has 0 aliphatic carbocycles. The summed E-state index contributed by atoms with van der Waals surface area (Å²) in [6, 6.07) is 5.54. The smallest absolute Gasteiger partial charge is 0.142 e. The van der Waals surface area contributed by atoms with Crippen molar-refractivity contribution in [3.8, 4) is 0 Å². The van der Waals surface area contributed by atoms with Gasteiger partial charge in [-0.3, -0.25) is 4.90 Å². The topological polar surface area (TPSA) is 15.3 Å². The minimum Gasteiger partial charge on any atom is -0.316 e. The number of nitrogens with one attached hydrogen (secondary N) is 1. The maximum Gasteiger partial charge on any atom is 0.142 e. The molecule has 1 aliphatic heterocycles. The summed E-state index contributed by atoms with van der Waals surface area (Å²) in [5.74, 6) is 0.205. The van der Waals surface area contributed by atoms with Crippen molar-refractivity contribution in [2.24, 2.45) is 5.92 Å². The van der Waals surface area contributed by atoms with Crippen molar-refractivity contribution in [2.75, 3.05) is 26.7 Å². The van der Waals surface area contributed by atoms with Crippen LogP contribution in [-0.4, -0.2) is 31.6 Å². The molecule has 0 saturated carbocycles. The van der Waals surface area contributed by atoms with Crippen molar-refractivity contribution >= 4 is 11.6 Å². The third kappa shape index (κ3) is 4.41. The van der Waals surface area contributed by atoms with E-state index < -0.39 is 0 Å². The number of rotatable bonds is 5. The SMILES string of the molecule is CCCNCC1CCCCN(C)C1c1ccc(Cl)c(F)c1. The Morgan fingerprint density at radius 3 is 2.90 bits per heavy atom. The van der Waals surface area contributed by atoms with Crippen molar-refractivity contribution < 1.29 is 4.39 Å². The monoisotopic (exact) mass is 312 g/mol. The second kappa shape index (κ2) is 8.11. The van der Waals surface area contributed by atoms with Crippen LogP contribution in [0.4, 0.5) is 4.39 Å². The molecule has 118 valence electrons. The molecule has 4 heteroatoms. The van der Waals surface area contributed by atoms with Crippen LogP contribution in [-0.2, 0) is 0 Å². The molecule has 1 aromatic rings. The first kappa shape index (κ1) is 16.7. The van der Waals surface area contributed by atoms with Crippen LogP contribution in [0.15, 0.2) is 18.2 Å². The van der Waals surface area contributed by atoms with Gasteiger partial charge in [0.1, 0.15) is 5.82 Å². The molecule has 2 atom stereocenters. The summed E-state index contributed by atoms with van der Waals surface area (Å²) >= 11 is 5.83. The summed E-state index contributed by atoms with van der Waals surface area (Å²) < 4.78 is 13.8. The molecule has 0 spiro atoms. The fourth-order valence-electron chi connectivity index (χ4n) is 3.33. The maximum absolute atomic E-state index is 13.8. The molecule has 1 N–H and O–H groups in total. The molecule has 0 aromatic heterocycles. The number of hydrogen-bond acceptors (Lipinski definition) is 2. The van der Waals surface area contributed by atoms with Gasteiger partial charge in [-0.2, -0.15) is 0 Å². The van der Waals surface area contributed by atoms with Crippen LogP contribution in [0.5, 0.6) is 0 Å². The van der Waals surface area contributed by atoms with Crippen molar-refractivity contribution in [2.45, 2.75) is 38.6 Å². The standard InChI is InChI=1S/C17H26ClFN2/c1-3-9-20-12-14-6-4-5-10-21(2)17(14)13-7-8-15(18)16(19)11-13/h7-8,11,14,17,20H,3-6,9-10,12H2,1-2H3. The third-order valence-electron chi connectivity index (χ3n) is 4.38. The highest BCUT2D eigenvalue weighted by molar-refractivity contribution is 6.30. The van der Waals surface area contributed by atoms with Crippen LogP contribution >= 0.6 is 11.6 Å². The van der Waals surface area contributed by atoms with E-state index in [1.807, 2.05) is 6.07 Å². The average molecular weight is 313 g/mol. The van der Waals surface area contributed by atoms with E-state index in [-0.39, 0.29) is 16.9 Å². The van der Waals surface area contributed by atoms with Crippen molar-refractivity contribution in [1.29, 1.82) is 0 Å². The zero-order chi connectivity index (χ0) is 15.2. The Kier molecular flexibility index (Phi) is 6.46. The van der Waals surface area contributed by atoms with Gasteiger partial charge >= 0.3 is 0 Å². The second-order valence-corrected chi connectivity index (χ2v) is 6.47. The van der Waals surface area contributed by atoms with Gasteiger partial charge in [-0.05, 0) is 69.6 Å². The Bertz CT molecular complexity index is 452. The number of benzene rings is 1. The summed E-state index contributed by atoms with van der Waals surface area (Å²) in [4.78, 5) is 2.37. The van der Waals surface area contributed by atoms with Crippen LogP contribution in [0, 0.1) is 11.7 Å². The van der Waals surface area contributed by atoms with Gasteiger partial charge in [0.05, 0.1) is 5.02 Å². The van der Waals surface area contributed by atoms with Crippen LogP contribution in [0.3, 0.4) is 0 Å². The minimum absolute atomic E-state index is 0.204. The zero-order valence-electron chi connectivity index (χ0n) is 13.0. The first-order valence-electron chi connectivity index (χ1n) is 7.99. The van der Waals surface area contributed by atoms with E-state index in [0.717, 1.165) is 31.6 Å². The molecular weight excluding hydrogens is 287 g/mol. The predicted molar refractivity (Wildman–Crippen MR) is 87.3 cm³/mol. The summed E-state index contributed by atoms with van der Waals surface area (Å²) in [5.41, 5.74) is 1.05. The summed E-state index contributed by atoms with van der Waals surface area (Å²) in [5, 5.41) is 3.74. The molecule has 1 aliphatic rings. The zero-order valence-corrected chi connectivity index (χ0v) is 13.8. The van der Waals surface area contributed by atoms with Crippen LogP contribution in [0.25, 0.3) is 0 Å². The lowest BCUT2D eigenvalue weighted by molar-refractivity contribution is 0.189. The third-order valence-corrected chi connectivity index (χ3v) is 4.68. The molecule has 0 amide bonds. The lowest BCUT2D eigenvalue weighted by Crippen LogP contribution is -2.35. The highest BCUT2D eigenvalue weighted by Crippen LogP contribution is 2.35. The Balaban J connectivity index is 2.20. The van der Waals surface area contributed by atoms with E-state index in [2.05, 4.69) is 24.2 Å². The Hall–Kier alpha value is -0.640. The molecule has 0 bridgehead atoms. The minimum atomic E-state index is -0.313. The fourth-order valence-corrected chi connectivity index (χ4v) is 3.44. The van der Waals surface area contributed by atoms with E-state index in [1.54, 1.807) is 12.1 Å². The second-order valence-electron chi connectivity index (χ2n) is 6.06. The molecule has 21 heavy (non-hydrogen) atoms. The highest BCUT2D eigenvalue weighted by Gasteiger charge is 2.29. The van der Waals surface area contributed by atoms with Crippen LogP contribution in [0.2, 0.25) is 5.02 Å². The molecular formula is C17H26ClFN2. The molecule has 1 heterocycles. The molecule has 2 nitrogen and oxygen atoms in total. The predicted octanol–water partition coefficient (Wildman–Crippen LogP) is 4.25. The number of halogens is 2. The highest BCUT2D eigenvalue weighted by atomic mass is 35.5. The molecule has 1 aromatic carbocycles. The number of hydrogen-bond donors (Lipinski definition) is 1. The molecule has 2 unspecified atom stereocenters. The lowest BCUT2D eigenvalue weighted by Gasteiger charge is -2.33. The maximum atomic E-state index is 13.8. The Morgan fingerprint density at radius 1 is 1.38 bits per heavy atom. The van der Waals surface area contributed by atoms with Gasteiger partial charge in [-0.15, -0.1) is 0 Å². The van der Waals surface area contributed by atoms with Gasteiger partial charge < -0.3 is 5.32 Å². The quantitative estimate of drug-likeness (QED) is 0.818. The lowest BCUT2D eigenvalue weighted by atomic mass is 9.89. The van der Waals surface area contributed by atoms with Crippen LogP contribution < -0.4 is 5.32 Å². The normalized spacial score (nSPS) is 24.0. The van der Waals surface area contributed by atoms with E-state index in [9.17, 15) is 4.39 Å². The Morgan fingerprint density at radius 2 is 2.19 bits per heavy atom. The first-order valence-corrected chi connectivity index (χ1v) is 8.37. The van der Waals surface area contributed by atoms with Crippen molar-refractivity contribution in [1.82, 2.24) is 10.2 Å². The number of likely N-dealkylation sites (tertiary alicyclic amines) is 1. The van der Waals surface area contributed by atoms with E-state index in [1.165, 1.54) is 19.3 Å². The van der Waals surface area contributed by atoms with Gasteiger partial charge in [0.2, 0.25) is 0 Å². The van der Waals surface area contributed by atoms with Gasteiger partial charge in [0.15, 0.2) is 0 Å². The summed E-state index contributed by atoms with van der Waals surface area (Å²) in [7, 11) is 2.15. The van der Waals surface area contributed by atoms with E-state index >= 15 is 0 Å². The molecule has 1 fully saturated rings. The van der Waals surface area contributed by atoms with Crippen molar-refractivity contribution in [3.05, 3.63) is 34.6 Å². The van der Waals surface area contributed by atoms with Gasteiger partial charge in [0, 0.05) is 6.04 Å². The first-order chi connectivity index (χ1) is 10.1. The molecule has 2 rings (SSSR count). The van der Waals surface area contributed by atoms with Gasteiger partial charge in [-0.25, -0.2) is 4.39 Å². The van der Waals surface area contributed by atoms with Gasteiger partial charge in [-0.1, -0.05) is 31.0 Å². The van der Waals surface area contributed by atoms with Gasteiger partial charge in [0.25, 0.3) is 0 Å². The van der Waals surface area contributed by atoms with Crippen LogP contribution in [0.1, 0.15) is 44.2 Å². The average Bonchev–Trinajstić information content (AvgIpc) is 2.64. The summed E-state index contributed by atoms with van der Waals surface area (Å²) in [6.07, 6.45) is 4.79. The molecule has 1 saturated heterocycles.